The molecule has 104 valence electrons. The fourth-order valence-electron chi connectivity index (χ4n) is 0.877. The second kappa shape index (κ2) is 11.1. The molecule has 0 aromatic rings. The zero-order valence-electron chi connectivity index (χ0n) is 10.1. The minimum atomic E-state index is -0.751. The second-order valence-corrected chi connectivity index (χ2v) is 5.40. The van der Waals surface area contributed by atoms with Gasteiger partial charge in [-0.1, -0.05) is 12.2 Å². The molecule has 8 heteroatoms. The average Bonchev–Trinajstić information content (AvgIpc) is 2.27. The van der Waals surface area contributed by atoms with E-state index in [1.54, 1.807) is 23.5 Å². The van der Waals surface area contributed by atoms with Crippen molar-refractivity contribution in [2.24, 2.45) is 11.5 Å². The third kappa shape index (κ3) is 13.0. The molecule has 0 aliphatic carbocycles. The van der Waals surface area contributed by atoms with E-state index < -0.39 is 12.2 Å². The van der Waals surface area contributed by atoms with E-state index in [0.717, 1.165) is 17.1 Å². The van der Waals surface area contributed by atoms with Crippen LogP contribution >= 0.6 is 23.5 Å². The van der Waals surface area contributed by atoms with E-state index >= 15 is 0 Å². The first-order chi connectivity index (χ1) is 8.52. The van der Waals surface area contributed by atoms with E-state index in [2.05, 4.69) is 16.1 Å². The lowest BCUT2D eigenvalue weighted by Gasteiger charge is -2.06. The highest BCUT2D eigenvalue weighted by molar-refractivity contribution is 8.00. The molecule has 0 heterocycles. The minimum absolute atomic E-state index is 0.312. The summed E-state index contributed by atoms with van der Waals surface area (Å²) in [5, 5.41) is 0. The Morgan fingerprint density at radius 2 is 1.33 bits per heavy atom. The molecule has 6 nitrogen and oxygen atoms in total. The highest BCUT2D eigenvalue weighted by Crippen LogP contribution is 2.12. The van der Waals surface area contributed by atoms with E-state index in [-0.39, 0.29) is 0 Å². The molecule has 0 saturated heterocycles. The number of carbonyl (C=O) groups is 2. The summed E-state index contributed by atoms with van der Waals surface area (Å²) in [5.41, 5.74) is 10.7. The zero-order chi connectivity index (χ0) is 13.8. The van der Waals surface area contributed by atoms with Crippen LogP contribution in [0.2, 0.25) is 0 Å². The Kier molecular flexibility index (Phi) is 10.5. The Morgan fingerprint density at radius 1 is 0.944 bits per heavy atom. The summed E-state index contributed by atoms with van der Waals surface area (Å²) in [4.78, 5) is 20.5. The standard InChI is InChI=1S/C10H18N2O4S2/c1-8(6-17-4-2-15-9(11)13)7-18-5-3-16-10(12)14/h1-7H2,(H2,11,13)(H2,12,14). The molecule has 18 heavy (non-hydrogen) atoms. The Morgan fingerprint density at radius 3 is 1.67 bits per heavy atom. The van der Waals surface area contributed by atoms with Crippen LogP contribution in [0.5, 0.6) is 0 Å². The monoisotopic (exact) mass is 294 g/mol. The van der Waals surface area contributed by atoms with Crippen molar-refractivity contribution in [1.29, 1.82) is 0 Å². The summed E-state index contributed by atoms with van der Waals surface area (Å²) < 4.78 is 9.16. The van der Waals surface area contributed by atoms with Gasteiger partial charge in [-0.2, -0.15) is 23.5 Å². The van der Waals surface area contributed by atoms with Crippen molar-refractivity contribution in [3.8, 4) is 0 Å². The van der Waals surface area contributed by atoms with Crippen LogP contribution < -0.4 is 11.5 Å². The van der Waals surface area contributed by atoms with Crippen molar-refractivity contribution in [2.75, 3.05) is 36.2 Å². The lowest BCUT2D eigenvalue weighted by atomic mass is 10.4. The summed E-state index contributed by atoms with van der Waals surface area (Å²) in [7, 11) is 0. The minimum Gasteiger partial charge on any atom is -0.449 e. The van der Waals surface area contributed by atoms with Gasteiger partial charge in [-0.3, -0.25) is 0 Å². The molecule has 0 fully saturated rings. The SMILES string of the molecule is C=C(CSCCOC(N)=O)CSCCOC(N)=O. The molecule has 4 N–H and O–H groups in total. The molecular weight excluding hydrogens is 276 g/mol. The fourth-order valence-corrected chi connectivity index (χ4v) is 2.48. The first kappa shape index (κ1) is 17.0. The van der Waals surface area contributed by atoms with Gasteiger partial charge >= 0.3 is 12.2 Å². The van der Waals surface area contributed by atoms with Crippen molar-refractivity contribution in [1.82, 2.24) is 0 Å². The summed E-state index contributed by atoms with van der Waals surface area (Å²) in [6.45, 7) is 4.54. The molecule has 0 atom stereocenters. The van der Waals surface area contributed by atoms with Crippen LogP contribution in [0.25, 0.3) is 0 Å². The van der Waals surface area contributed by atoms with Crippen molar-refractivity contribution in [3.63, 3.8) is 0 Å². The lowest BCUT2D eigenvalue weighted by molar-refractivity contribution is 0.163. The molecule has 0 rings (SSSR count). The maximum atomic E-state index is 10.3. The number of nitrogens with two attached hydrogens (primary N) is 2. The van der Waals surface area contributed by atoms with Crippen molar-refractivity contribution < 1.29 is 19.1 Å². The molecule has 0 saturated carbocycles. The number of thioether (sulfide) groups is 2. The van der Waals surface area contributed by atoms with Gasteiger partial charge in [0.2, 0.25) is 0 Å². The predicted octanol–water partition coefficient (Wildman–Crippen LogP) is 1.20. The molecule has 0 radical (unpaired) electrons. The highest BCUT2D eigenvalue weighted by atomic mass is 32.2. The topological polar surface area (TPSA) is 105 Å². The van der Waals surface area contributed by atoms with Gasteiger partial charge in [0.1, 0.15) is 13.2 Å². The first-order valence-electron chi connectivity index (χ1n) is 5.19. The molecule has 0 aliphatic heterocycles. The Bertz CT molecular complexity index is 261. The van der Waals surface area contributed by atoms with Gasteiger partial charge in [-0.05, 0) is 0 Å². The van der Waals surface area contributed by atoms with Gasteiger partial charge in [0.15, 0.2) is 0 Å². The van der Waals surface area contributed by atoms with Gasteiger partial charge in [0.05, 0.1) is 0 Å². The third-order valence-electron chi connectivity index (χ3n) is 1.56. The number of hydrogen-bond acceptors (Lipinski definition) is 6. The van der Waals surface area contributed by atoms with Crippen LogP contribution in [0, 0.1) is 0 Å². The van der Waals surface area contributed by atoms with E-state index in [4.69, 9.17) is 11.5 Å². The molecule has 2 amide bonds. The second-order valence-electron chi connectivity index (χ2n) is 3.19. The van der Waals surface area contributed by atoms with Crippen LogP contribution in [-0.4, -0.2) is 48.4 Å². The third-order valence-corrected chi connectivity index (χ3v) is 3.69. The van der Waals surface area contributed by atoms with Crippen LogP contribution in [0.4, 0.5) is 9.59 Å². The number of amides is 2. The van der Waals surface area contributed by atoms with E-state index in [1.807, 2.05) is 0 Å². The molecular formula is C10H18N2O4S2. The molecule has 0 bridgehead atoms. The quantitative estimate of drug-likeness (QED) is 0.463. The van der Waals surface area contributed by atoms with Gasteiger partial charge in [-0.15, -0.1) is 0 Å². The van der Waals surface area contributed by atoms with Crippen LogP contribution in [0.1, 0.15) is 0 Å². The average molecular weight is 294 g/mol. The normalized spacial score (nSPS) is 9.78. The van der Waals surface area contributed by atoms with E-state index in [0.29, 0.717) is 24.7 Å². The van der Waals surface area contributed by atoms with Crippen molar-refractivity contribution in [2.45, 2.75) is 0 Å². The van der Waals surface area contributed by atoms with Crippen LogP contribution in [0.3, 0.4) is 0 Å². The molecule has 0 spiro atoms. The smallest absolute Gasteiger partial charge is 0.404 e. The van der Waals surface area contributed by atoms with Crippen LogP contribution in [-0.2, 0) is 9.47 Å². The maximum absolute atomic E-state index is 10.3. The van der Waals surface area contributed by atoms with Crippen LogP contribution in [0.15, 0.2) is 12.2 Å². The first-order valence-corrected chi connectivity index (χ1v) is 7.50. The van der Waals surface area contributed by atoms with Crippen molar-refractivity contribution >= 4 is 35.7 Å². The molecule has 0 aromatic heterocycles. The van der Waals surface area contributed by atoms with Crippen molar-refractivity contribution in [3.05, 3.63) is 12.2 Å². The summed E-state index contributed by atoms with van der Waals surface area (Å²) in [6, 6.07) is 0. The Labute approximate surface area is 115 Å². The highest BCUT2D eigenvalue weighted by Gasteiger charge is 1.99. The van der Waals surface area contributed by atoms with Gasteiger partial charge < -0.3 is 20.9 Å². The molecule has 0 aromatic carbocycles. The van der Waals surface area contributed by atoms with Gasteiger partial charge in [-0.25, -0.2) is 9.59 Å². The maximum Gasteiger partial charge on any atom is 0.404 e. The van der Waals surface area contributed by atoms with Gasteiger partial charge in [0, 0.05) is 23.0 Å². The number of carbonyl (C=O) groups excluding carboxylic acids is 2. The fraction of sp³-hybridized carbons (Fsp3) is 0.600. The predicted molar refractivity (Wildman–Crippen MR) is 74.9 cm³/mol. The number of ether oxygens (including phenoxy) is 2. The zero-order valence-corrected chi connectivity index (χ0v) is 11.7. The van der Waals surface area contributed by atoms with E-state index in [9.17, 15) is 9.59 Å². The molecule has 0 aliphatic rings. The lowest BCUT2D eigenvalue weighted by Crippen LogP contribution is -2.15. The molecule has 0 unspecified atom stereocenters. The summed E-state index contributed by atoms with van der Waals surface area (Å²) in [5.74, 6) is 2.98. The summed E-state index contributed by atoms with van der Waals surface area (Å²) >= 11 is 3.24. The number of rotatable bonds is 10. The van der Waals surface area contributed by atoms with E-state index in [1.165, 1.54) is 0 Å². The Balaban J connectivity index is 3.27. The number of hydrogen-bond donors (Lipinski definition) is 2. The summed E-state index contributed by atoms with van der Waals surface area (Å²) in [6.07, 6.45) is -1.50. The van der Waals surface area contributed by atoms with Gasteiger partial charge in [0.25, 0.3) is 0 Å². The largest absolute Gasteiger partial charge is 0.449 e. The Hall–Kier alpha value is -1.02. The number of primary amides is 2.